The van der Waals surface area contributed by atoms with Crippen LogP contribution in [-0.4, -0.2) is 36.9 Å². The first-order chi connectivity index (χ1) is 8.70. The minimum absolute atomic E-state index is 0.189. The Hall–Kier alpha value is -2.57. The predicted molar refractivity (Wildman–Crippen MR) is 59.5 cm³/mol. The maximum Gasteiger partial charge on any atom is 0.280 e. The molecule has 18 heavy (non-hydrogen) atoms. The minimum Gasteiger partial charge on any atom is -0.268 e. The third kappa shape index (κ3) is 1.33. The second-order valence-electron chi connectivity index (χ2n) is 3.93. The number of aromatic nitrogens is 4. The van der Waals surface area contributed by atoms with Gasteiger partial charge in [-0.25, -0.2) is 4.98 Å². The lowest BCUT2D eigenvalue weighted by molar-refractivity contribution is 0.0587. The third-order valence-electron chi connectivity index (χ3n) is 2.89. The van der Waals surface area contributed by atoms with E-state index in [0.717, 1.165) is 4.90 Å². The first-order valence-corrected chi connectivity index (χ1v) is 5.38. The highest BCUT2D eigenvalue weighted by Gasteiger charge is 2.40. The molecule has 2 amide bonds. The van der Waals surface area contributed by atoms with E-state index >= 15 is 0 Å². The van der Waals surface area contributed by atoms with Gasteiger partial charge in [-0.3, -0.25) is 24.6 Å². The zero-order chi connectivity index (χ0) is 12.7. The molecule has 0 aliphatic carbocycles. The molecule has 0 bridgehead atoms. The Morgan fingerprint density at radius 2 is 2.11 bits per heavy atom. The molecule has 1 atom stereocenters. The van der Waals surface area contributed by atoms with E-state index in [1.165, 1.54) is 12.5 Å². The van der Waals surface area contributed by atoms with Gasteiger partial charge in [0, 0.05) is 6.20 Å². The number of nitrogens with zero attached hydrogens (tertiary/aromatic N) is 4. The second kappa shape index (κ2) is 3.73. The molecule has 1 aliphatic rings. The van der Waals surface area contributed by atoms with Crippen LogP contribution in [0.25, 0.3) is 0 Å². The molecule has 0 aromatic carbocycles. The Labute approximate surface area is 102 Å². The van der Waals surface area contributed by atoms with Gasteiger partial charge in [-0.2, -0.15) is 5.10 Å². The molecular weight excluding hydrogens is 234 g/mol. The van der Waals surface area contributed by atoms with Crippen LogP contribution in [0, 0.1) is 0 Å². The van der Waals surface area contributed by atoms with Crippen molar-refractivity contribution in [2.75, 3.05) is 0 Å². The molecule has 1 N–H and O–H groups in total. The Morgan fingerprint density at radius 1 is 1.28 bits per heavy atom. The monoisotopic (exact) mass is 243 g/mol. The van der Waals surface area contributed by atoms with E-state index in [-0.39, 0.29) is 11.6 Å². The Bertz CT molecular complexity index is 587. The summed E-state index contributed by atoms with van der Waals surface area (Å²) >= 11 is 0. The highest BCUT2D eigenvalue weighted by Crippen LogP contribution is 2.28. The smallest absolute Gasteiger partial charge is 0.268 e. The van der Waals surface area contributed by atoms with Gasteiger partial charge in [0.1, 0.15) is 17.8 Å². The Morgan fingerprint density at radius 3 is 2.78 bits per heavy atom. The van der Waals surface area contributed by atoms with Crippen molar-refractivity contribution in [2.24, 2.45) is 0 Å². The first-order valence-electron chi connectivity index (χ1n) is 5.38. The summed E-state index contributed by atoms with van der Waals surface area (Å²) in [6.07, 6.45) is 2.83. The molecule has 2 aromatic rings. The van der Waals surface area contributed by atoms with Crippen molar-refractivity contribution in [3.63, 3.8) is 0 Å². The van der Waals surface area contributed by atoms with E-state index in [1.807, 2.05) is 0 Å². The van der Waals surface area contributed by atoms with E-state index in [0.29, 0.717) is 11.4 Å². The maximum atomic E-state index is 12.1. The lowest BCUT2D eigenvalue weighted by atomic mass is 10.2. The fraction of sp³-hybridized carbons (Fsp3) is 0.182. The van der Waals surface area contributed by atoms with E-state index in [4.69, 9.17) is 0 Å². The van der Waals surface area contributed by atoms with Crippen molar-refractivity contribution >= 4 is 11.8 Å². The summed E-state index contributed by atoms with van der Waals surface area (Å²) in [5.74, 6) is -0.295. The molecule has 0 saturated heterocycles. The van der Waals surface area contributed by atoms with Crippen molar-refractivity contribution in [3.05, 3.63) is 41.7 Å². The zero-order valence-electron chi connectivity index (χ0n) is 9.49. The van der Waals surface area contributed by atoms with Gasteiger partial charge in [-0.15, -0.1) is 0 Å². The van der Waals surface area contributed by atoms with Gasteiger partial charge < -0.3 is 0 Å². The quantitative estimate of drug-likeness (QED) is 0.778. The number of H-pyrrole nitrogens is 1. The number of hydrogen-bond donors (Lipinski definition) is 1. The van der Waals surface area contributed by atoms with Gasteiger partial charge in [-0.05, 0) is 19.1 Å². The summed E-state index contributed by atoms with van der Waals surface area (Å²) in [6.45, 7) is 1.71. The molecule has 90 valence electrons. The van der Waals surface area contributed by atoms with Crippen LogP contribution in [0.4, 0.5) is 0 Å². The Kier molecular flexibility index (Phi) is 2.19. The van der Waals surface area contributed by atoms with Gasteiger partial charge in [0.05, 0.1) is 11.6 Å². The SMILES string of the molecule is CC(c1ncn[nH]1)N1C(=O)c2cccnc2C1=O. The van der Waals surface area contributed by atoms with Crippen LogP contribution in [0.1, 0.15) is 39.6 Å². The number of fused-ring (bicyclic) bond motifs is 1. The number of pyridine rings is 1. The van der Waals surface area contributed by atoms with Crippen molar-refractivity contribution < 1.29 is 9.59 Å². The molecule has 0 saturated carbocycles. The number of hydrogen-bond acceptors (Lipinski definition) is 5. The fourth-order valence-electron chi connectivity index (χ4n) is 1.97. The second-order valence-corrected chi connectivity index (χ2v) is 3.93. The summed E-state index contributed by atoms with van der Waals surface area (Å²) in [7, 11) is 0. The van der Waals surface area contributed by atoms with Gasteiger partial charge in [0.2, 0.25) is 0 Å². The number of carbonyl (C=O) groups is 2. The number of rotatable bonds is 2. The molecule has 3 heterocycles. The molecule has 2 aromatic heterocycles. The lowest BCUT2D eigenvalue weighted by Gasteiger charge is -2.19. The normalized spacial score (nSPS) is 15.9. The van der Waals surface area contributed by atoms with Crippen LogP contribution in [-0.2, 0) is 0 Å². The van der Waals surface area contributed by atoms with Crippen molar-refractivity contribution in [1.29, 1.82) is 0 Å². The summed E-state index contributed by atoms with van der Waals surface area (Å²) < 4.78 is 0. The van der Waals surface area contributed by atoms with Crippen molar-refractivity contribution in [3.8, 4) is 0 Å². The Balaban J connectivity index is 2.02. The summed E-state index contributed by atoms with van der Waals surface area (Å²) in [6, 6.07) is 2.73. The third-order valence-corrected chi connectivity index (χ3v) is 2.89. The zero-order valence-corrected chi connectivity index (χ0v) is 9.49. The fourth-order valence-corrected chi connectivity index (χ4v) is 1.97. The van der Waals surface area contributed by atoms with E-state index < -0.39 is 11.9 Å². The van der Waals surface area contributed by atoms with E-state index in [2.05, 4.69) is 20.2 Å². The predicted octanol–water partition coefficient (Wildman–Crippen LogP) is 0.557. The van der Waals surface area contributed by atoms with E-state index in [9.17, 15) is 9.59 Å². The molecule has 0 radical (unpaired) electrons. The largest absolute Gasteiger partial charge is 0.280 e. The van der Waals surface area contributed by atoms with Crippen molar-refractivity contribution in [2.45, 2.75) is 13.0 Å². The number of nitrogens with one attached hydrogen (secondary N) is 1. The summed E-state index contributed by atoms with van der Waals surface area (Å²) in [5.41, 5.74) is 0.516. The molecule has 0 spiro atoms. The van der Waals surface area contributed by atoms with Gasteiger partial charge in [0.25, 0.3) is 11.8 Å². The molecule has 1 unspecified atom stereocenters. The van der Waals surface area contributed by atoms with Crippen LogP contribution in [0.2, 0.25) is 0 Å². The molecule has 3 rings (SSSR count). The van der Waals surface area contributed by atoms with Crippen LogP contribution in [0.15, 0.2) is 24.7 Å². The standard InChI is InChI=1S/C11H9N5O2/c1-6(9-13-5-14-15-9)16-10(17)7-3-2-4-12-8(7)11(16)18/h2-6H,1H3,(H,13,14,15). The molecule has 7 heteroatoms. The highest BCUT2D eigenvalue weighted by molar-refractivity contribution is 6.20. The van der Waals surface area contributed by atoms with Crippen LogP contribution in [0.5, 0.6) is 0 Å². The lowest BCUT2D eigenvalue weighted by Crippen LogP contribution is -2.33. The van der Waals surface area contributed by atoms with Crippen LogP contribution in [0.3, 0.4) is 0 Å². The van der Waals surface area contributed by atoms with Crippen molar-refractivity contribution in [1.82, 2.24) is 25.1 Å². The topological polar surface area (TPSA) is 91.8 Å². The summed E-state index contributed by atoms with van der Waals surface area (Å²) in [5, 5.41) is 6.37. The average molecular weight is 243 g/mol. The molecule has 7 nitrogen and oxygen atoms in total. The molecule has 1 aliphatic heterocycles. The van der Waals surface area contributed by atoms with Crippen LogP contribution >= 0.6 is 0 Å². The number of carbonyl (C=O) groups excluding carboxylic acids is 2. The number of amides is 2. The van der Waals surface area contributed by atoms with Gasteiger partial charge in [-0.1, -0.05) is 0 Å². The number of aromatic amines is 1. The van der Waals surface area contributed by atoms with Crippen LogP contribution < -0.4 is 0 Å². The minimum atomic E-state index is -0.498. The maximum absolute atomic E-state index is 12.1. The molecule has 0 fully saturated rings. The average Bonchev–Trinajstić information content (AvgIpc) is 2.99. The van der Waals surface area contributed by atoms with Gasteiger partial charge >= 0.3 is 0 Å². The van der Waals surface area contributed by atoms with Gasteiger partial charge in [0.15, 0.2) is 0 Å². The molecular formula is C11H9N5O2. The summed E-state index contributed by atoms with van der Waals surface area (Å²) in [4.78, 5) is 33.3. The first kappa shape index (κ1) is 10.6. The van der Waals surface area contributed by atoms with E-state index in [1.54, 1.807) is 19.1 Å². The number of imide groups is 1. The highest BCUT2D eigenvalue weighted by atomic mass is 16.2.